The van der Waals surface area contributed by atoms with E-state index in [1.54, 1.807) is 7.11 Å². The van der Waals surface area contributed by atoms with Gasteiger partial charge in [0, 0.05) is 35.0 Å². The fraction of sp³-hybridized carbons (Fsp3) is 0.237. The molecule has 0 amide bonds. The van der Waals surface area contributed by atoms with Crippen LogP contribution in [-0.4, -0.2) is 52.4 Å². The lowest BCUT2D eigenvalue weighted by Gasteiger charge is -2.31. The van der Waals surface area contributed by atoms with Crippen LogP contribution >= 0.6 is 11.8 Å². The number of thioether (sulfide) groups is 1. The summed E-state index contributed by atoms with van der Waals surface area (Å²) in [5.74, 6) is 2.02. The Morgan fingerprint density at radius 3 is 2.30 bits per heavy atom. The molecule has 224 valence electrons. The average molecular weight is 603 g/mol. The van der Waals surface area contributed by atoms with Crippen molar-refractivity contribution >= 4 is 40.2 Å². The van der Waals surface area contributed by atoms with Gasteiger partial charge >= 0.3 is 0 Å². The average Bonchev–Trinajstić information content (AvgIpc) is 3.36. The molecule has 5 aromatic rings. The van der Waals surface area contributed by atoms with Crippen LogP contribution in [0.5, 0.6) is 5.75 Å². The molecule has 4 aromatic carbocycles. The summed E-state index contributed by atoms with van der Waals surface area (Å²) in [6.07, 6.45) is 2.35. The highest BCUT2D eigenvalue weighted by atomic mass is 32.2. The molecule has 0 aliphatic carbocycles. The number of likely N-dealkylation sites (N-methyl/N-ethyl adjacent to an activating group) is 2. The number of benzene rings is 4. The van der Waals surface area contributed by atoms with E-state index < -0.39 is 0 Å². The molecule has 0 fully saturated rings. The standard InChI is InChI=1S/C38H42N4OS/c1-6-40(23-24-42(3,4)28-29-15-9-7-10-16-29)37-25-30(26-38-39(2)34-19-13-14-20-36(34)44-38)33-22-21-32(43-5)27-35(33)41(37)31-17-11-8-12-18-31/h7-22,25-27H,6,23-24,28H2,1-5H3/q+2. The van der Waals surface area contributed by atoms with Crippen LogP contribution in [0.15, 0.2) is 119 Å². The Kier molecular flexibility index (Phi) is 8.65. The van der Waals surface area contributed by atoms with Crippen molar-refractivity contribution in [3.63, 3.8) is 0 Å². The number of rotatable bonds is 10. The summed E-state index contributed by atoms with van der Waals surface area (Å²) in [5.41, 5.74) is 6.07. The first-order chi connectivity index (χ1) is 21.4. The van der Waals surface area contributed by atoms with E-state index in [4.69, 9.17) is 4.74 Å². The summed E-state index contributed by atoms with van der Waals surface area (Å²) in [7, 11) is 8.57. The molecule has 1 aliphatic rings. The largest absolute Gasteiger partial charge is 0.497 e. The molecule has 5 nitrogen and oxygen atoms in total. The van der Waals surface area contributed by atoms with Crippen LogP contribution in [0.4, 0.5) is 11.5 Å². The van der Waals surface area contributed by atoms with Crippen molar-refractivity contribution in [1.29, 1.82) is 0 Å². The topological polar surface area (TPSA) is 19.6 Å². The van der Waals surface area contributed by atoms with Crippen LogP contribution < -0.4 is 19.1 Å². The fourth-order valence-corrected chi connectivity index (χ4v) is 7.14. The van der Waals surface area contributed by atoms with Crippen molar-refractivity contribution in [3.8, 4) is 11.4 Å². The van der Waals surface area contributed by atoms with Gasteiger partial charge in [-0.15, -0.1) is 0 Å². The Morgan fingerprint density at radius 2 is 1.59 bits per heavy atom. The zero-order valence-electron chi connectivity index (χ0n) is 26.4. The number of ether oxygens (including phenoxy) is 1. The van der Waals surface area contributed by atoms with Crippen LogP contribution in [0.2, 0.25) is 0 Å². The van der Waals surface area contributed by atoms with Gasteiger partial charge in [0.25, 0.3) is 5.82 Å². The lowest BCUT2D eigenvalue weighted by Crippen LogP contribution is -2.48. The van der Waals surface area contributed by atoms with Gasteiger partial charge in [0.2, 0.25) is 0 Å². The van der Waals surface area contributed by atoms with Crippen LogP contribution in [0, 0.1) is 0 Å². The number of methoxy groups -OCH3 is 1. The molecule has 6 rings (SSSR count). The maximum Gasteiger partial charge on any atom is 0.283 e. The molecule has 0 bridgehead atoms. The van der Waals surface area contributed by atoms with Crippen LogP contribution in [-0.2, 0) is 6.54 Å². The van der Waals surface area contributed by atoms with Crippen molar-refractivity contribution in [2.45, 2.75) is 18.4 Å². The highest BCUT2D eigenvalue weighted by Crippen LogP contribution is 2.46. The zero-order chi connectivity index (χ0) is 30.7. The van der Waals surface area contributed by atoms with Gasteiger partial charge in [-0.05, 0) is 55.0 Å². The smallest absolute Gasteiger partial charge is 0.283 e. The number of pyridine rings is 1. The minimum absolute atomic E-state index is 0.849. The highest BCUT2D eigenvalue weighted by Gasteiger charge is 2.28. The molecular weight excluding hydrogens is 561 g/mol. The number of para-hydroxylation sites is 2. The number of hydrogen-bond donors (Lipinski definition) is 0. The summed E-state index contributed by atoms with van der Waals surface area (Å²) in [6.45, 7) is 6.08. The summed E-state index contributed by atoms with van der Waals surface area (Å²) >= 11 is 1.83. The highest BCUT2D eigenvalue weighted by molar-refractivity contribution is 8.03. The van der Waals surface area contributed by atoms with E-state index in [1.807, 2.05) is 11.8 Å². The SMILES string of the molecule is CCN(CC[N+](C)(C)Cc1ccccc1)c1cc(C=C2Sc3ccccc3N2C)c2ccc(OC)cc2[n+]1-c1ccccc1. The molecule has 44 heavy (non-hydrogen) atoms. The van der Waals surface area contributed by atoms with Crippen LogP contribution in [0.1, 0.15) is 18.1 Å². The van der Waals surface area contributed by atoms with Gasteiger partial charge in [-0.1, -0.05) is 72.4 Å². The molecule has 0 saturated heterocycles. The minimum Gasteiger partial charge on any atom is -0.497 e. The second kappa shape index (κ2) is 12.8. The predicted octanol–water partition coefficient (Wildman–Crippen LogP) is 7.77. The fourth-order valence-electron chi connectivity index (χ4n) is 6.04. The molecule has 0 radical (unpaired) electrons. The molecule has 1 aliphatic heterocycles. The predicted molar refractivity (Wildman–Crippen MR) is 186 cm³/mol. The van der Waals surface area contributed by atoms with E-state index in [1.165, 1.54) is 37.9 Å². The second-order valence-corrected chi connectivity index (χ2v) is 13.1. The number of hydrogen-bond acceptors (Lipinski definition) is 4. The maximum atomic E-state index is 5.76. The Hall–Kier alpha value is -4.26. The van der Waals surface area contributed by atoms with Crippen molar-refractivity contribution in [2.24, 2.45) is 0 Å². The maximum absolute atomic E-state index is 5.76. The van der Waals surface area contributed by atoms with Gasteiger partial charge in [0.05, 0.1) is 38.5 Å². The molecular formula is C38H42N4OS+2. The van der Waals surface area contributed by atoms with Crippen molar-refractivity contribution in [3.05, 3.63) is 125 Å². The van der Waals surface area contributed by atoms with Gasteiger partial charge < -0.3 is 14.1 Å². The Morgan fingerprint density at radius 1 is 0.886 bits per heavy atom. The van der Waals surface area contributed by atoms with E-state index in [2.05, 4.69) is 158 Å². The van der Waals surface area contributed by atoms with Crippen molar-refractivity contribution in [2.75, 3.05) is 57.7 Å². The van der Waals surface area contributed by atoms with Crippen LogP contribution in [0.3, 0.4) is 0 Å². The van der Waals surface area contributed by atoms with Crippen molar-refractivity contribution in [1.82, 2.24) is 0 Å². The van der Waals surface area contributed by atoms with Gasteiger partial charge in [-0.25, -0.2) is 0 Å². The summed E-state index contributed by atoms with van der Waals surface area (Å²) < 4.78 is 9.07. The second-order valence-electron chi connectivity index (χ2n) is 12.0. The molecule has 1 aromatic heterocycles. The third-order valence-corrected chi connectivity index (χ3v) is 9.64. The van der Waals surface area contributed by atoms with E-state index >= 15 is 0 Å². The first kappa shape index (κ1) is 29.8. The number of quaternary nitrogens is 1. The third-order valence-electron chi connectivity index (χ3n) is 8.47. The van der Waals surface area contributed by atoms with E-state index in [9.17, 15) is 0 Å². The lowest BCUT2D eigenvalue weighted by molar-refractivity contribution is -0.902. The molecule has 2 heterocycles. The summed E-state index contributed by atoms with van der Waals surface area (Å²) in [6, 6.07) is 39.0. The summed E-state index contributed by atoms with van der Waals surface area (Å²) in [5, 5.41) is 2.41. The van der Waals surface area contributed by atoms with E-state index in [0.29, 0.717) is 0 Å². The molecule has 0 unspecified atom stereocenters. The van der Waals surface area contributed by atoms with Gasteiger partial charge in [-0.2, -0.15) is 4.57 Å². The normalized spacial score (nSPS) is 13.8. The first-order valence-electron chi connectivity index (χ1n) is 15.3. The molecule has 0 atom stereocenters. The minimum atomic E-state index is 0.849. The number of nitrogens with zero attached hydrogens (tertiary/aromatic N) is 4. The number of fused-ring (bicyclic) bond motifs is 2. The molecule has 6 heteroatoms. The van der Waals surface area contributed by atoms with Crippen LogP contribution in [0.25, 0.3) is 22.7 Å². The molecule has 0 saturated carbocycles. The number of anilines is 2. The quantitative estimate of drug-likeness (QED) is 0.120. The van der Waals surface area contributed by atoms with Crippen molar-refractivity contribution < 1.29 is 13.8 Å². The summed E-state index contributed by atoms with van der Waals surface area (Å²) in [4.78, 5) is 6.12. The lowest BCUT2D eigenvalue weighted by atomic mass is 10.1. The van der Waals surface area contributed by atoms with Gasteiger partial charge in [0.15, 0.2) is 0 Å². The van der Waals surface area contributed by atoms with E-state index in [-0.39, 0.29) is 0 Å². The monoisotopic (exact) mass is 602 g/mol. The first-order valence-corrected chi connectivity index (χ1v) is 16.1. The Balaban J connectivity index is 1.47. The van der Waals surface area contributed by atoms with E-state index in [0.717, 1.165) is 47.6 Å². The molecule has 0 N–H and O–H groups in total. The van der Waals surface area contributed by atoms with Gasteiger partial charge in [-0.3, -0.25) is 4.90 Å². The third kappa shape index (κ3) is 6.19. The Labute approximate surface area is 266 Å². The zero-order valence-corrected chi connectivity index (χ0v) is 27.2. The number of aromatic nitrogens is 1. The Bertz CT molecular complexity index is 1790. The van der Waals surface area contributed by atoms with Gasteiger partial charge in [0.1, 0.15) is 36.6 Å². The molecule has 0 spiro atoms.